The summed E-state index contributed by atoms with van der Waals surface area (Å²) in [6.45, 7) is 4.42. The number of piperidine rings is 1. The molecule has 160 valence electrons. The second kappa shape index (κ2) is 9.14. The highest BCUT2D eigenvalue weighted by atomic mass is 32.2. The van der Waals surface area contributed by atoms with Crippen LogP contribution in [0.4, 0.5) is 0 Å². The maximum Gasteiger partial charge on any atom is 0.236 e. The molecule has 1 saturated carbocycles. The molecule has 2 heterocycles. The van der Waals surface area contributed by atoms with Gasteiger partial charge in [0.1, 0.15) is 0 Å². The topological polar surface area (TPSA) is 60.9 Å². The second-order valence-electron chi connectivity index (χ2n) is 8.85. The molecule has 4 rings (SSSR count). The molecule has 7 heteroatoms. The Hall–Kier alpha value is -1.44. The van der Waals surface area contributed by atoms with E-state index in [-0.39, 0.29) is 11.7 Å². The highest BCUT2D eigenvalue weighted by Gasteiger charge is 2.34. The van der Waals surface area contributed by atoms with Gasteiger partial charge in [-0.25, -0.2) is 8.42 Å². The molecule has 6 nitrogen and oxygen atoms in total. The molecule has 3 fully saturated rings. The van der Waals surface area contributed by atoms with Crippen LogP contribution in [-0.4, -0.2) is 74.2 Å². The number of fused-ring (bicyclic) bond motifs is 1. The summed E-state index contributed by atoms with van der Waals surface area (Å²) in [5.41, 5.74) is 0.816. The molecule has 0 unspecified atom stereocenters. The van der Waals surface area contributed by atoms with Gasteiger partial charge in [0.25, 0.3) is 0 Å². The Kier molecular flexibility index (Phi) is 6.56. The summed E-state index contributed by atoms with van der Waals surface area (Å²) in [6, 6.07) is 9.32. The number of nitrogens with zero attached hydrogens (tertiary/aromatic N) is 3. The molecule has 0 N–H and O–H groups in total. The molecule has 2 atom stereocenters. The van der Waals surface area contributed by atoms with Crippen molar-refractivity contribution in [2.45, 2.75) is 37.9 Å². The van der Waals surface area contributed by atoms with Crippen LogP contribution in [-0.2, 0) is 20.6 Å². The molecule has 0 radical (unpaired) electrons. The minimum Gasteiger partial charge on any atom is -0.341 e. The molecule has 0 spiro atoms. The predicted octanol–water partition coefficient (Wildman–Crippen LogP) is 2.17. The molecule has 1 aliphatic carbocycles. The highest BCUT2D eigenvalue weighted by Crippen LogP contribution is 2.36. The quantitative estimate of drug-likeness (QED) is 0.734. The molecule has 3 aliphatic rings. The lowest BCUT2D eigenvalue weighted by Gasteiger charge is -2.42. The number of amides is 1. The lowest BCUT2D eigenvalue weighted by Crippen LogP contribution is -2.53. The van der Waals surface area contributed by atoms with E-state index in [1.165, 1.54) is 25.7 Å². The van der Waals surface area contributed by atoms with Crippen LogP contribution in [0, 0.1) is 11.8 Å². The first-order valence-corrected chi connectivity index (χ1v) is 12.6. The predicted molar refractivity (Wildman–Crippen MR) is 114 cm³/mol. The van der Waals surface area contributed by atoms with E-state index in [4.69, 9.17) is 0 Å². The number of carbonyl (C=O) groups is 1. The summed E-state index contributed by atoms with van der Waals surface area (Å²) in [7, 11) is -3.31. The number of carbonyl (C=O) groups excluding carboxylic acids is 1. The van der Waals surface area contributed by atoms with Crippen molar-refractivity contribution in [2.24, 2.45) is 11.8 Å². The molecule has 0 bridgehead atoms. The van der Waals surface area contributed by atoms with Crippen molar-refractivity contribution in [1.29, 1.82) is 0 Å². The van der Waals surface area contributed by atoms with E-state index in [2.05, 4.69) is 9.80 Å². The number of rotatable bonds is 5. The lowest BCUT2D eigenvalue weighted by molar-refractivity contribution is -0.135. The van der Waals surface area contributed by atoms with Crippen LogP contribution in [0.3, 0.4) is 0 Å². The Morgan fingerprint density at radius 2 is 1.59 bits per heavy atom. The number of hydrogen-bond acceptors (Lipinski definition) is 4. The number of benzene rings is 1. The third-order valence-corrected chi connectivity index (χ3v) is 8.77. The van der Waals surface area contributed by atoms with Crippen molar-refractivity contribution in [2.75, 3.05) is 45.8 Å². The fourth-order valence-corrected chi connectivity index (χ4v) is 6.68. The highest BCUT2D eigenvalue weighted by molar-refractivity contribution is 7.88. The molecule has 1 amide bonds. The maximum atomic E-state index is 12.8. The van der Waals surface area contributed by atoms with Gasteiger partial charge < -0.3 is 4.90 Å². The van der Waals surface area contributed by atoms with Crippen LogP contribution in [0.2, 0.25) is 0 Å². The van der Waals surface area contributed by atoms with Crippen LogP contribution in [0.1, 0.15) is 37.7 Å². The fourth-order valence-electron chi connectivity index (χ4n) is 5.16. The van der Waals surface area contributed by atoms with Gasteiger partial charge in [-0.2, -0.15) is 4.31 Å². The Balaban J connectivity index is 1.25. The van der Waals surface area contributed by atoms with Crippen LogP contribution in [0.25, 0.3) is 0 Å². The van der Waals surface area contributed by atoms with Crippen molar-refractivity contribution in [3.8, 4) is 0 Å². The zero-order valence-corrected chi connectivity index (χ0v) is 18.0. The van der Waals surface area contributed by atoms with Gasteiger partial charge in [-0.3, -0.25) is 9.69 Å². The smallest absolute Gasteiger partial charge is 0.236 e. The van der Waals surface area contributed by atoms with E-state index < -0.39 is 10.0 Å². The first-order chi connectivity index (χ1) is 14.0. The van der Waals surface area contributed by atoms with Gasteiger partial charge in [0.2, 0.25) is 15.9 Å². The summed E-state index contributed by atoms with van der Waals surface area (Å²) in [6.07, 6.45) is 6.43. The molecular formula is C22H33N3O3S. The largest absolute Gasteiger partial charge is 0.341 e. The summed E-state index contributed by atoms with van der Waals surface area (Å²) < 4.78 is 27.0. The van der Waals surface area contributed by atoms with Gasteiger partial charge in [0.15, 0.2) is 0 Å². The Morgan fingerprint density at radius 1 is 0.897 bits per heavy atom. The summed E-state index contributed by atoms with van der Waals surface area (Å²) >= 11 is 0. The van der Waals surface area contributed by atoms with Crippen molar-refractivity contribution < 1.29 is 13.2 Å². The van der Waals surface area contributed by atoms with Crippen molar-refractivity contribution in [3.63, 3.8) is 0 Å². The van der Waals surface area contributed by atoms with Crippen molar-refractivity contribution in [3.05, 3.63) is 35.9 Å². The number of hydrogen-bond donors (Lipinski definition) is 0. The summed E-state index contributed by atoms with van der Waals surface area (Å²) in [4.78, 5) is 17.0. The fraction of sp³-hybridized carbons (Fsp3) is 0.682. The monoisotopic (exact) mass is 419 g/mol. The van der Waals surface area contributed by atoms with E-state index in [0.717, 1.165) is 31.0 Å². The third-order valence-electron chi connectivity index (χ3n) is 6.92. The SMILES string of the molecule is O=C(CN1CCN(S(=O)(=O)Cc2ccccc2)CC1)N1CC[C@H]2CCCC[C@@H]2C1. The van der Waals surface area contributed by atoms with Crippen LogP contribution in [0.15, 0.2) is 30.3 Å². The van der Waals surface area contributed by atoms with Crippen molar-refractivity contribution in [1.82, 2.24) is 14.1 Å². The van der Waals surface area contributed by atoms with Crippen LogP contribution < -0.4 is 0 Å². The standard InChI is InChI=1S/C22H33N3O3S/c26-22(24-11-10-20-8-4-5-9-21(20)16-24)17-23-12-14-25(15-13-23)29(27,28)18-19-6-2-1-3-7-19/h1-3,6-7,20-21H,4-5,8-18H2/t20-,21-/m1/s1. The number of sulfonamides is 1. The Bertz CT molecular complexity index is 791. The summed E-state index contributed by atoms with van der Waals surface area (Å²) in [5, 5.41) is 0. The number of piperazine rings is 1. The van der Waals surface area contributed by atoms with E-state index in [1.54, 1.807) is 4.31 Å². The van der Waals surface area contributed by atoms with E-state index in [0.29, 0.717) is 38.6 Å². The molecule has 1 aromatic rings. The normalized spacial score (nSPS) is 26.8. The molecular weight excluding hydrogens is 386 g/mol. The molecule has 0 aromatic heterocycles. The van der Waals surface area contributed by atoms with E-state index in [1.807, 2.05) is 30.3 Å². The minimum absolute atomic E-state index is 0.0447. The van der Waals surface area contributed by atoms with Crippen LogP contribution in [0.5, 0.6) is 0 Å². The maximum absolute atomic E-state index is 12.8. The first-order valence-electron chi connectivity index (χ1n) is 11.0. The Morgan fingerprint density at radius 3 is 2.31 bits per heavy atom. The van der Waals surface area contributed by atoms with Gasteiger partial charge in [-0.15, -0.1) is 0 Å². The average molecular weight is 420 g/mol. The minimum atomic E-state index is -3.31. The van der Waals surface area contributed by atoms with Gasteiger partial charge in [-0.05, 0) is 30.2 Å². The van der Waals surface area contributed by atoms with Gasteiger partial charge in [0, 0.05) is 39.3 Å². The van der Waals surface area contributed by atoms with E-state index in [9.17, 15) is 13.2 Å². The zero-order valence-electron chi connectivity index (χ0n) is 17.2. The Labute approximate surface area is 174 Å². The summed E-state index contributed by atoms with van der Waals surface area (Å²) in [5.74, 6) is 1.78. The first kappa shape index (κ1) is 20.8. The van der Waals surface area contributed by atoms with Gasteiger partial charge >= 0.3 is 0 Å². The molecule has 2 saturated heterocycles. The zero-order chi connectivity index (χ0) is 20.3. The lowest BCUT2D eigenvalue weighted by atomic mass is 9.75. The molecule has 2 aliphatic heterocycles. The third kappa shape index (κ3) is 5.19. The van der Waals surface area contributed by atoms with Crippen LogP contribution >= 0.6 is 0 Å². The van der Waals surface area contributed by atoms with Gasteiger partial charge in [0.05, 0.1) is 12.3 Å². The van der Waals surface area contributed by atoms with Crippen molar-refractivity contribution >= 4 is 15.9 Å². The number of likely N-dealkylation sites (tertiary alicyclic amines) is 1. The molecule has 29 heavy (non-hydrogen) atoms. The van der Waals surface area contributed by atoms with E-state index >= 15 is 0 Å². The second-order valence-corrected chi connectivity index (χ2v) is 10.8. The average Bonchev–Trinajstić information content (AvgIpc) is 2.74. The molecule has 1 aromatic carbocycles. The van der Waals surface area contributed by atoms with Gasteiger partial charge in [-0.1, -0.05) is 49.6 Å².